The molecule has 30 heavy (non-hydrogen) atoms. The lowest BCUT2D eigenvalue weighted by atomic mass is 9.78. The highest BCUT2D eigenvalue weighted by Gasteiger charge is 2.26. The highest BCUT2D eigenvalue weighted by Crippen LogP contribution is 2.39. The van der Waals surface area contributed by atoms with Gasteiger partial charge in [0.25, 0.3) is 5.69 Å². The van der Waals surface area contributed by atoms with Crippen LogP contribution in [0.4, 0.5) is 5.69 Å². The van der Waals surface area contributed by atoms with Crippen LogP contribution in [0, 0.1) is 10.1 Å². The topological polar surface area (TPSA) is 105 Å². The highest BCUT2D eigenvalue weighted by atomic mass is 16.6. The van der Waals surface area contributed by atoms with Crippen LogP contribution in [-0.4, -0.2) is 22.2 Å². The lowest BCUT2D eigenvalue weighted by molar-refractivity contribution is -0.385. The Bertz CT molecular complexity index is 948. The third-order valence-corrected chi connectivity index (χ3v) is 4.69. The number of para-hydroxylation sites is 1. The van der Waals surface area contributed by atoms with Crippen LogP contribution in [-0.2, 0) is 22.0 Å². The van der Waals surface area contributed by atoms with Gasteiger partial charge < -0.3 is 5.11 Å². The average Bonchev–Trinajstić information content (AvgIpc) is 2.61. The number of amides is 1. The molecule has 0 aliphatic heterocycles. The second-order valence-corrected chi connectivity index (χ2v) is 9.32. The van der Waals surface area contributed by atoms with Gasteiger partial charge in [-0.05, 0) is 28.5 Å². The van der Waals surface area contributed by atoms with E-state index in [9.17, 15) is 20.0 Å². The maximum Gasteiger partial charge on any atom is 0.273 e. The summed E-state index contributed by atoms with van der Waals surface area (Å²) in [5.41, 5.74) is 4.43. The zero-order valence-electron chi connectivity index (χ0n) is 18.3. The van der Waals surface area contributed by atoms with Gasteiger partial charge in [-0.2, -0.15) is 5.10 Å². The SMILES string of the molecule is CC(C)(C)c1cc(/C=N/NC(=O)Cc2ccccc2[N+](=O)[O-])cc(C(C)(C)C)c1O. The van der Waals surface area contributed by atoms with Crippen molar-refractivity contribution >= 4 is 17.8 Å². The maximum atomic E-state index is 12.2. The van der Waals surface area contributed by atoms with Crippen LogP contribution in [0.5, 0.6) is 5.75 Å². The van der Waals surface area contributed by atoms with Crippen LogP contribution in [0.1, 0.15) is 63.8 Å². The summed E-state index contributed by atoms with van der Waals surface area (Å²) in [6.45, 7) is 12.1. The largest absolute Gasteiger partial charge is 0.507 e. The van der Waals surface area contributed by atoms with E-state index in [1.807, 2.05) is 53.7 Å². The second-order valence-electron chi connectivity index (χ2n) is 9.32. The first-order valence-corrected chi connectivity index (χ1v) is 9.73. The molecule has 0 aliphatic rings. The zero-order chi connectivity index (χ0) is 22.7. The van der Waals surface area contributed by atoms with Crippen LogP contribution >= 0.6 is 0 Å². The number of hydrogen-bond donors (Lipinski definition) is 2. The van der Waals surface area contributed by atoms with Gasteiger partial charge >= 0.3 is 0 Å². The van der Waals surface area contributed by atoms with Gasteiger partial charge in [0, 0.05) is 22.8 Å². The number of hydrazone groups is 1. The van der Waals surface area contributed by atoms with E-state index in [2.05, 4.69) is 10.5 Å². The van der Waals surface area contributed by atoms with E-state index in [0.29, 0.717) is 5.56 Å². The normalized spacial score (nSPS) is 12.2. The van der Waals surface area contributed by atoms with Crippen molar-refractivity contribution in [3.63, 3.8) is 0 Å². The van der Waals surface area contributed by atoms with Crippen molar-refractivity contribution in [1.29, 1.82) is 0 Å². The Kier molecular flexibility index (Phi) is 6.65. The molecular weight excluding hydrogens is 382 g/mol. The van der Waals surface area contributed by atoms with Crippen LogP contribution in [0.15, 0.2) is 41.5 Å². The molecule has 0 bridgehead atoms. The predicted molar refractivity (Wildman–Crippen MR) is 118 cm³/mol. The Morgan fingerprint density at radius 1 is 1.10 bits per heavy atom. The standard InChI is InChI=1S/C23H29N3O4/c1-22(2,3)17-11-15(12-18(21(17)28)23(4,5)6)14-24-25-20(27)13-16-9-7-8-10-19(16)26(29)30/h7-12,14,28H,13H2,1-6H3,(H,25,27)/b24-14+. The fourth-order valence-electron chi connectivity index (χ4n) is 3.10. The molecule has 2 N–H and O–H groups in total. The summed E-state index contributed by atoms with van der Waals surface area (Å²) >= 11 is 0. The third-order valence-electron chi connectivity index (χ3n) is 4.69. The fraction of sp³-hybridized carbons (Fsp3) is 0.391. The molecule has 0 saturated carbocycles. The lowest BCUT2D eigenvalue weighted by Gasteiger charge is -2.27. The number of benzene rings is 2. The molecule has 2 rings (SSSR count). The minimum absolute atomic E-state index is 0.0974. The van der Waals surface area contributed by atoms with Crippen molar-refractivity contribution < 1.29 is 14.8 Å². The van der Waals surface area contributed by atoms with Crippen LogP contribution in [0.3, 0.4) is 0 Å². The monoisotopic (exact) mass is 411 g/mol. The molecule has 1 amide bonds. The summed E-state index contributed by atoms with van der Waals surface area (Å²) in [5, 5.41) is 25.9. The van der Waals surface area contributed by atoms with Gasteiger partial charge in [-0.25, -0.2) is 5.43 Å². The second kappa shape index (κ2) is 8.65. The molecule has 0 heterocycles. The van der Waals surface area contributed by atoms with Gasteiger partial charge in [0.1, 0.15) is 5.75 Å². The minimum Gasteiger partial charge on any atom is -0.507 e. The number of carbonyl (C=O) groups excluding carboxylic acids is 1. The molecule has 7 nitrogen and oxygen atoms in total. The van der Waals surface area contributed by atoms with Gasteiger partial charge in [0.2, 0.25) is 5.91 Å². The molecule has 0 fully saturated rings. The summed E-state index contributed by atoms with van der Waals surface area (Å²) in [6.07, 6.45) is 1.37. The number of phenols is 1. The van der Waals surface area contributed by atoms with Crippen molar-refractivity contribution in [1.82, 2.24) is 5.43 Å². The molecule has 2 aromatic rings. The number of carbonyl (C=O) groups is 1. The quantitative estimate of drug-likeness (QED) is 0.426. The van der Waals surface area contributed by atoms with Crippen molar-refractivity contribution in [2.45, 2.75) is 58.8 Å². The summed E-state index contributed by atoms with van der Waals surface area (Å²) in [5.74, 6) is -0.181. The summed E-state index contributed by atoms with van der Waals surface area (Å²) in [6, 6.07) is 9.82. The molecule has 2 aromatic carbocycles. The number of nitro groups is 1. The lowest BCUT2D eigenvalue weighted by Crippen LogP contribution is -2.21. The zero-order valence-corrected chi connectivity index (χ0v) is 18.3. The summed E-state index contributed by atoms with van der Waals surface area (Å²) < 4.78 is 0. The number of rotatable bonds is 5. The Hall–Kier alpha value is -3.22. The van der Waals surface area contributed by atoms with E-state index in [-0.39, 0.29) is 28.7 Å². The third kappa shape index (κ3) is 5.65. The Labute approximate surface area is 177 Å². The average molecular weight is 412 g/mol. The first-order chi connectivity index (χ1) is 13.8. The summed E-state index contributed by atoms with van der Waals surface area (Å²) in [4.78, 5) is 22.8. The van der Waals surface area contributed by atoms with Gasteiger partial charge in [-0.1, -0.05) is 59.7 Å². The number of nitrogens with one attached hydrogen (secondary N) is 1. The Morgan fingerprint density at radius 2 is 1.63 bits per heavy atom. The molecule has 7 heteroatoms. The van der Waals surface area contributed by atoms with Crippen LogP contribution in [0.2, 0.25) is 0 Å². The van der Waals surface area contributed by atoms with E-state index in [0.717, 1.165) is 16.7 Å². The Balaban J connectivity index is 2.24. The fourth-order valence-corrected chi connectivity index (χ4v) is 3.10. The number of aromatic hydroxyl groups is 1. The molecule has 0 spiro atoms. The molecule has 160 valence electrons. The van der Waals surface area contributed by atoms with Crippen LogP contribution in [0.25, 0.3) is 0 Å². The maximum absolute atomic E-state index is 12.2. The number of nitrogens with zero attached hydrogens (tertiary/aromatic N) is 2. The first kappa shape index (κ1) is 23.1. The molecule has 0 saturated heterocycles. The predicted octanol–water partition coefficient (Wildman–Crippen LogP) is 4.59. The van der Waals surface area contributed by atoms with E-state index in [4.69, 9.17) is 0 Å². The van der Waals surface area contributed by atoms with E-state index < -0.39 is 10.8 Å². The summed E-state index contributed by atoms with van der Waals surface area (Å²) in [7, 11) is 0. The molecule has 0 atom stereocenters. The molecule has 0 unspecified atom stereocenters. The van der Waals surface area contributed by atoms with Gasteiger partial charge in [-0.15, -0.1) is 0 Å². The number of phenolic OH excluding ortho intramolecular Hbond substituents is 1. The van der Waals surface area contributed by atoms with Crippen molar-refractivity contribution in [3.05, 3.63) is 68.8 Å². The van der Waals surface area contributed by atoms with E-state index >= 15 is 0 Å². The van der Waals surface area contributed by atoms with Crippen molar-refractivity contribution in [2.24, 2.45) is 5.10 Å². The smallest absolute Gasteiger partial charge is 0.273 e. The van der Waals surface area contributed by atoms with Gasteiger partial charge in [-0.3, -0.25) is 14.9 Å². The Morgan fingerprint density at radius 3 is 2.13 bits per heavy atom. The molecule has 0 aliphatic carbocycles. The molecular formula is C23H29N3O4. The molecule has 0 radical (unpaired) electrons. The first-order valence-electron chi connectivity index (χ1n) is 9.73. The van der Waals surface area contributed by atoms with Crippen molar-refractivity contribution in [3.8, 4) is 5.75 Å². The highest BCUT2D eigenvalue weighted by molar-refractivity contribution is 5.84. The van der Waals surface area contributed by atoms with Gasteiger partial charge in [0.15, 0.2) is 0 Å². The number of nitro benzene ring substituents is 1. The minimum atomic E-state index is -0.510. The number of hydrogen-bond acceptors (Lipinski definition) is 5. The van der Waals surface area contributed by atoms with Crippen LogP contribution < -0.4 is 5.43 Å². The van der Waals surface area contributed by atoms with E-state index in [1.54, 1.807) is 18.2 Å². The molecule has 0 aromatic heterocycles. The van der Waals surface area contributed by atoms with E-state index in [1.165, 1.54) is 12.3 Å². The van der Waals surface area contributed by atoms with Crippen molar-refractivity contribution in [2.75, 3.05) is 0 Å². The van der Waals surface area contributed by atoms with Gasteiger partial charge in [0.05, 0.1) is 17.6 Å².